The molecular weight excluding hydrogens is 494 g/mol. The minimum absolute atomic E-state index is 0.0664. The van der Waals surface area contributed by atoms with Gasteiger partial charge in [0.1, 0.15) is 5.60 Å². The van der Waals surface area contributed by atoms with Crippen molar-refractivity contribution in [1.82, 2.24) is 5.06 Å². The number of rotatable bonds is 5. The van der Waals surface area contributed by atoms with Crippen molar-refractivity contribution in [3.63, 3.8) is 0 Å². The Morgan fingerprint density at radius 1 is 0.975 bits per heavy atom. The van der Waals surface area contributed by atoms with E-state index in [4.69, 9.17) is 4.84 Å². The molecule has 1 aromatic carbocycles. The van der Waals surface area contributed by atoms with Crippen LogP contribution >= 0.6 is 0 Å². The van der Waals surface area contributed by atoms with Gasteiger partial charge in [-0.05, 0) is 86.7 Å². The number of amides is 1. The van der Waals surface area contributed by atoms with Gasteiger partial charge >= 0.3 is 0 Å². The van der Waals surface area contributed by atoms with Crippen molar-refractivity contribution in [2.24, 2.45) is 46.3 Å². The average Bonchev–Trinajstić information content (AvgIpc) is 3.29. The van der Waals surface area contributed by atoms with Crippen molar-refractivity contribution < 1.29 is 14.7 Å². The smallest absolute Gasteiger partial charge is 0.278 e. The second kappa shape index (κ2) is 9.56. The fourth-order valence-electron chi connectivity index (χ4n) is 10.1. The maximum absolute atomic E-state index is 14.3. The lowest BCUT2D eigenvalue weighted by atomic mass is 9.41. The molecule has 4 heteroatoms. The van der Waals surface area contributed by atoms with Crippen LogP contribution < -0.4 is 0 Å². The third-order valence-corrected chi connectivity index (χ3v) is 12.9. The van der Waals surface area contributed by atoms with E-state index in [1.54, 1.807) is 5.06 Å². The lowest BCUT2D eigenvalue weighted by Gasteiger charge is -2.73. The van der Waals surface area contributed by atoms with Crippen LogP contribution in [-0.2, 0) is 4.84 Å². The monoisotopic (exact) mass is 545 g/mol. The Morgan fingerprint density at radius 3 is 2.40 bits per heavy atom. The first-order chi connectivity index (χ1) is 18.9. The number of aryl methyl sites for hydroxylation is 1. The molecule has 1 N–H and O–H groups in total. The number of carbonyl (C=O) groups excluding carboxylic acids is 1. The van der Waals surface area contributed by atoms with Gasteiger partial charge in [-0.25, -0.2) is 5.06 Å². The van der Waals surface area contributed by atoms with E-state index in [2.05, 4.69) is 65.8 Å². The van der Waals surface area contributed by atoms with Crippen LogP contribution in [0.5, 0.6) is 0 Å². The van der Waals surface area contributed by atoms with Crippen LogP contribution in [0.2, 0.25) is 0 Å². The Balaban J connectivity index is 1.40. The van der Waals surface area contributed by atoms with Crippen molar-refractivity contribution in [2.45, 2.75) is 111 Å². The Bertz CT molecular complexity index is 1200. The second-order valence-electron chi connectivity index (χ2n) is 15.2. The van der Waals surface area contributed by atoms with Gasteiger partial charge < -0.3 is 5.11 Å². The third kappa shape index (κ3) is 3.80. The Kier molecular flexibility index (Phi) is 6.74. The molecule has 4 nitrogen and oxygen atoms in total. The van der Waals surface area contributed by atoms with Crippen LogP contribution in [0, 0.1) is 53.3 Å². The molecule has 0 aromatic heterocycles. The topological polar surface area (TPSA) is 49.8 Å². The van der Waals surface area contributed by atoms with Gasteiger partial charge in [0.25, 0.3) is 5.91 Å². The predicted octanol–water partition coefficient (Wildman–Crippen LogP) is 7.91. The van der Waals surface area contributed by atoms with E-state index >= 15 is 0 Å². The van der Waals surface area contributed by atoms with Crippen molar-refractivity contribution >= 4 is 5.91 Å². The SMILES string of the molecule is Cc1ccc(C(=O)N2OC34C=CC25CC(O)CCC5(C)C3CCC2(C)C(C(C)C=CC(C)C(C)C)CCC24)cc1. The van der Waals surface area contributed by atoms with E-state index in [0.29, 0.717) is 47.5 Å². The molecule has 218 valence electrons. The van der Waals surface area contributed by atoms with Crippen LogP contribution in [0.3, 0.4) is 0 Å². The lowest BCUT2D eigenvalue weighted by molar-refractivity contribution is -0.380. The standard InChI is InChI=1S/C36H51NO3/c1-23(2)25(4)10-11-26(5)29-14-15-30-33(29,6)18-17-31-34(7)19-16-28(38)22-35(34)20-21-36(30,31)40-37(35)32(39)27-12-8-24(3)9-13-27/h8-13,20-21,23,25-26,28-31,38H,14-19,22H2,1-7H3. The summed E-state index contributed by atoms with van der Waals surface area (Å²) in [7, 11) is 0. The molecule has 1 amide bonds. The number of carbonyl (C=O) groups is 1. The number of allylic oxidation sites excluding steroid dienone is 2. The normalized spacial score (nSPS) is 43.5. The molecular formula is C36H51NO3. The van der Waals surface area contributed by atoms with Gasteiger partial charge in [0, 0.05) is 29.2 Å². The summed E-state index contributed by atoms with van der Waals surface area (Å²) in [6.07, 6.45) is 16.1. The van der Waals surface area contributed by atoms with Gasteiger partial charge in [-0.15, -0.1) is 0 Å². The van der Waals surface area contributed by atoms with E-state index in [9.17, 15) is 9.90 Å². The molecule has 3 saturated carbocycles. The highest BCUT2D eigenvalue weighted by Gasteiger charge is 2.76. The highest BCUT2D eigenvalue weighted by atomic mass is 16.7. The van der Waals surface area contributed by atoms with Gasteiger partial charge in [-0.2, -0.15) is 0 Å². The Labute approximate surface area is 242 Å². The lowest BCUT2D eigenvalue weighted by Crippen LogP contribution is -2.79. The van der Waals surface area contributed by atoms with E-state index in [0.717, 1.165) is 31.2 Å². The number of hydrogen-bond acceptors (Lipinski definition) is 3. The van der Waals surface area contributed by atoms with Crippen molar-refractivity contribution in [2.75, 3.05) is 0 Å². The summed E-state index contributed by atoms with van der Waals surface area (Å²) in [5, 5.41) is 12.7. The summed E-state index contributed by atoms with van der Waals surface area (Å²) in [5.41, 5.74) is 0.739. The number of benzene rings is 1. The average molecular weight is 546 g/mol. The zero-order chi connectivity index (χ0) is 28.7. The zero-order valence-electron chi connectivity index (χ0n) is 25.8. The van der Waals surface area contributed by atoms with Crippen molar-refractivity contribution in [1.29, 1.82) is 0 Å². The maximum Gasteiger partial charge on any atom is 0.278 e. The van der Waals surface area contributed by atoms with Gasteiger partial charge in [0.15, 0.2) is 0 Å². The highest BCUT2D eigenvalue weighted by Crippen LogP contribution is 2.73. The van der Waals surface area contributed by atoms with Crippen molar-refractivity contribution in [3.05, 3.63) is 59.7 Å². The first-order valence-electron chi connectivity index (χ1n) is 16.0. The fraction of sp³-hybridized carbons (Fsp3) is 0.694. The largest absolute Gasteiger partial charge is 0.393 e. The quantitative estimate of drug-likeness (QED) is 0.383. The van der Waals surface area contributed by atoms with E-state index in [-0.39, 0.29) is 16.7 Å². The van der Waals surface area contributed by atoms with Crippen LogP contribution in [0.1, 0.15) is 102 Å². The summed E-state index contributed by atoms with van der Waals surface area (Å²) in [6, 6.07) is 7.87. The molecule has 7 rings (SSSR count). The van der Waals surface area contributed by atoms with Crippen molar-refractivity contribution in [3.8, 4) is 0 Å². The fourth-order valence-corrected chi connectivity index (χ4v) is 10.1. The maximum atomic E-state index is 14.3. The molecule has 6 aliphatic rings. The summed E-state index contributed by atoms with van der Waals surface area (Å²) in [6.45, 7) is 16.3. The van der Waals surface area contributed by atoms with Gasteiger partial charge in [0.05, 0.1) is 11.6 Å². The molecule has 10 unspecified atom stereocenters. The first kappa shape index (κ1) is 28.2. The molecule has 0 radical (unpaired) electrons. The number of fused-ring (bicyclic) bond motifs is 2. The third-order valence-electron chi connectivity index (χ3n) is 12.9. The van der Waals surface area contributed by atoms with Crippen LogP contribution in [-0.4, -0.2) is 33.3 Å². The molecule has 4 aliphatic carbocycles. The molecule has 4 fully saturated rings. The van der Waals surface area contributed by atoms with E-state index < -0.39 is 17.2 Å². The molecule has 2 aliphatic heterocycles. The molecule has 2 spiro atoms. The van der Waals surface area contributed by atoms with Crippen LogP contribution in [0.25, 0.3) is 0 Å². The second-order valence-corrected chi connectivity index (χ2v) is 15.2. The van der Waals surface area contributed by atoms with E-state index in [1.165, 1.54) is 12.8 Å². The number of hydroxylamine groups is 2. The Morgan fingerprint density at radius 2 is 1.70 bits per heavy atom. The first-order valence-corrected chi connectivity index (χ1v) is 16.0. The number of hydrogen-bond donors (Lipinski definition) is 1. The molecule has 1 saturated heterocycles. The summed E-state index contributed by atoms with van der Waals surface area (Å²) < 4.78 is 0. The molecule has 2 heterocycles. The summed E-state index contributed by atoms with van der Waals surface area (Å²) >= 11 is 0. The summed E-state index contributed by atoms with van der Waals surface area (Å²) in [5.74, 6) is 3.02. The number of aliphatic hydroxyl groups is 1. The van der Waals surface area contributed by atoms with Gasteiger partial charge in [-0.3, -0.25) is 9.63 Å². The zero-order valence-corrected chi connectivity index (χ0v) is 25.8. The highest BCUT2D eigenvalue weighted by molar-refractivity contribution is 5.94. The van der Waals surface area contributed by atoms with E-state index in [1.807, 2.05) is 31.2 Å². The minimum atomic E-state index is -0.617. The number of nitrogens with zero attached hydrogens (tertiary/aromatic N) is 1. The van der Waals surface area contributed by atoms with Gasteiger partial charge in [0.2, 0.25) is 0 Å². The molecule has 10 atom stereocenters. The molecule has 2 bridgehead atoms. The Hall–Kier alpha value is -1.91. The van der Waals surface area contributed by atoms with Crippen LogP contribution in [0.4, 0.5) is 0 Å². The minimum Gasteiger partial charge on any atom is -0.393 e. The molecule has 1 aromatic rings. The summed E-state index contributed by atoms with van der Waals surface area (Å²) in [4.78, 5) is 21.5. The number of aliphatic hydroxyl groups excluding tert-OH is 1. The van der Waals surface area contributed by atoms with Crippen LogP contribution in [0.15, 0.2) is 48.6 Å². The predicted molar refractivity (Wildman–Crippen MR) is 160 cm³/mol. The molecule has 40 heavy (non-hydrogen) atoms. The van der Waals surface area contributed by atoms with Gasteiger partial charge in [-0.1, -0.05) is 83.5 Å².